The van der Waals surface area contributed by atoms with Gasteiger partial charge in [0, 0.05) is 23.9 Å². The predicted octanol–water partition coefficient (Wildman–Crippen LogP) is 3.20. The van der Waals surface area contributed by atoms with Crippen LogP contribution >= 0.6 is 0 Å². The number of aromatic nitrogens is 3. The fraction of sp³-hybridized carbons (Fsp3) is 0.316. The molecule has 0 saturated carbocycles. The Labute approximate surface area is 151 Å². The quantitative estimate of drug-likeness (QED) is 0.704. The van der Waals surface area contributed by atoms with Crippen LogP contribution in [0.25, 0.3) is 11.3 Å². The Morgan fingerprint density at radius 3 is 2.96 bits per heavy atom. The number of aryl methyl sites for hydroxylation is 1. The van der Waals surface area contributed by atoms with Gasteiger partial charge in [0.25, 0.3) is 5.91 Å². The van der Waals surface area contributed by atoms with Crippen LogP contribution in [-0.2, 0) is 13.1 Å². The van der Waals surface area contributed by atoms with Gasteiger partial charge in [-0.25, -0.2) is 0 Å². The van der Waals surface area contributed by atoms with Crippen LogP contribution in [0.1, 0.15) is 35.2 Å². The number of amides is 1. The Balaban J connectivity index is 1.65. The summed E-state index contributed by atoms with van der Waals surface area (Å²) < 4.78 is 12.4. The maximum Gasteiger partial charge on any atom is 0.255 e. The van der Waals surface area contributed by atoms with Crippen LogP contribution in [0, 0.1) is 6.92 Å². The third-order valence-electron chi connectivity index (χ3n) is 4.13. The number of carbonyl (C=O) groups is 1. The van der Waals surface area contributed by atoms with E-state index in [0.29, 0.717) is 17.0 Å². The summed E-state index contributed by atoms with van der Waals surface area (Å²) in [7, 11) is 1.62. The van der Waals surface area contributed by atoms with E-state index in [1.807, 2.05) is 41.9 Å². The number of methoxy groups -OCH3 is 1. The van der Waals surface area contributed by atoms with Gasteiger partial charge >= 0.3 is 0 Å². The molecule has 26 heavy (non-hydrogen) atoms. The van der Waals surface area contributed by atoms with Crippen LogP contribution in [-0.4, -0.2) is 28.0 Å². The summed E-state index contributed by atoms with van der Waals surface area (Å²) in [6, 6.07) is 9.37. The number of ether oxygens (including phenoxy) is 1. The number of hydrogen-bond acceptors (Lipinski definition) is 5. The lowest BCUT2D eigenvalue weighted by molar-refractivity contribution is 0.0946. The van der Waals surface area contributed by atoms with Gasteiger partial charge < -0.3 is 14.6 Å². The van der Waals surface area contributed by atoms with E-state index in [4.69, 9.17) is 9.26 Å². The predicted molar refractivity (Wildman–Crippen MR) is 96.9 cm³/mol. The average molecular weight is 354 g/mol. The molecule has 0 radical (unpaired) electrons. The minimum Gasteiger partial charge on any atom is -0.497 e. The van der Waals surface area contributed by atoms with Crippen LogP contribution in [0.15, 0.2) is 41.1 Å². The summed E-state index contributed by atoms with van der Waals surface area (Å²) in [5.41, 5.74) is 3.02. The molecule has 2 aromatic heterocycles. The molecule has 3 rings (SSSR count). The molecule has 7 nitrogen and oxygen atoms in total. The summed E-state index contributed by atoms with van der Waals surface area (Å²) in [6.07, 6.45) is 2.57. The van der Waals surface area contributed by atoms with Crippen LogP contribution < -0.4 is 10.1 Å². The molecule has 3 aromatic rings. The molecule has 0 fully saturated rings. The molecule has 0 spiro atoms. The average Bonchev–Trinajstić information content (AvgIpc) is 3.28. The highest BCUT2D eigenvalue weighted by atomic mass is 16.5. The Hall–Kier alpha value is -3.09. The monoisotopic (exact) mass is 354 g/mol. The molecule has 0 aliphatic rings. The fourth-order valence-corrected chi connectivity index (χ4v) is 2.68. The van der Waals surface area contributed by atoms with Crippen molar-refractivity contribution in [1.29, 1.82) is 0 Å². The van der Waals surface area contributed by atoms with Crippen molar-refractivity contribution >= 4 is 5.91 Å². The fourth-order valence-electron chi connectivity index (χ4n) is 2.68. The topological polar surface area (TPSA) is 82.2 Å². The lowest BCUT2D eigenvalue weighted by Gasteiger charge is -2.04. The summed E-state index contributed by atoms with van der Waals surface area (Å²) in [5.74, 6) is 1.15. The number of carbonyl (C=O) groups excluding carboxylic acids is 1. The van der Waals surface area contributed by atoms with Crippen molar-refractivity contribution in [2.45, 2.75) is 33.4 Å². The van der Waals surface area contributed by atoms with Crippen molar-refractivity contribution in [1.82, 2.24) is 20.3 Å². The maximum absolute atomic E-state index is 12.4. The van der Waals surface area contributed by atoms with Gasteiger partial charge in [0.2, 0.25) is 0 Å². The minimum atomic E-state index is -0.177. The number of nitrogens with one attached hydrogen (secondary N) is 1. The summed E-state index contributed by atoms with van der Waals surface area (Å²) >= 11 is 0. The molecule has 7 heteroatoms. The van der Waals surface area contributed by atoms with E-state index in [2.05, 4.69) is 22.5 Å². The first-order valence-electron chi connectivity index (χ1n) is 8.53. The number of hydrogen-bond donors (Lipinski definition) is 1. The van der Waals surface area contributed by atoms with Gasteiger partial charge in [-0.05, 0) is 25.5 Å². The van der Waals surface area contributed by atoms with Crippen molar-refractivity contribution in [3.63, 3.8) is 0 Å². The van der Waals surface area contributed by atoms with E-state index in [1.54, 1.807) is 13.3 Å². The Morgan fingerprint density at radius 2 is 2.19 bits per heavy atom. The van der Waals surface area contributed by atoms with E-state index in [1.165, 1.54) is 0 Å². The number of rotatable bonds is 7. The summed E-state index contributed by atoms with van der Waals surface area (Å²) in [5, 5.41) is 11.2. The van der Waals surface area contributed by atoms with E-state index in [0.717, 1.165) is 30.0 Å². The molecule has 1 amide bonds. The molecule has 0 atom stereocenters. The summed E-state index contributed by atoms with van der Waals surface area (Å²) in [6.45, 7) is 5.02. The first-order valence-corrected chi connectivity index (χ1v) is 8.53. The van der Waals surface area contributed by atoms with Gasteiger partial charge in [0.1, 0.15) is 11.4 Å². The van der Waals surface area contributed by atoms with Crippen LogP contribution in [0.2, 0.25) is 0 Å². The molecular formula is C19H22N4O3. The highest BCUT2D eigenvalue weighted by Crippen LogP contribution is 2.23. The highest BCUT2D eigenvalue weighted by molar-refractivity contribution is 5.94. The zero-order chi connectivity index (χ0) is 18.5. The third kappa shape index (κ3) is 3.77. The Morgan fingerprint density at radius 1 is 1.35 bits per heavy atom. The molecule has 0 bridgehead atoms. The highest BCUT2D eigenvalue weighted by Gasteiger charge is 2.15. The largest absolute Gasteiger partial charge is 0.497 e. The third-order valence-corrected chi connectivity index (χ3v) is 4.13. The maximum atomic E-state index is 12.4. The smallest absolute Gasteiger partial charge is 0.255 e. The molecular weight excluding hydrogens is 332 g/mol. The lowest BCUT2D eigenvalue weighted by atomic mass is 10.1. The summed E-state index contributed by atoms with van der Waals surface area (Å²) in [4.78, 5) is 12.4. The van der Waals surface area contributed by atoms with Crippen LogP contribution in [0.4, 0.5) is 0 Å². The zero-order valence-electron chi connectivity index (χ0n) is 15.2. The van der Waals surface area contributed by atoms with E-state index < -0.39 is 0 Å². The lowest BCUT2D eigenvalue weighted by Crippen LogP contribution is -2.23. The SMILES string of the molecule is CCCn1ncc(C(=O)NCc2cc(-c3cccc(OC)c3)no2)c1C. The standard InChI is InChI=1S/C19H22N4O3/c1-4-8-23-13(2)17(12-21-23)19(24)20-11-16-10-18(22-26-16)14-6-5-7-15(9-14)25-3/h5-7,9-10,12H,4,8,11H2,1-3H3,(H,20,24). The van der Waals surface area contributed by atoms with Crippen LogP contribution in [0.3, 0.4) is 0 Å². The second-order valence-corrected chi connectivity index (χ2v) is 5.96. The Kier molecular flexibility index (Phi) is 5.36. The first-order chi connectivity index (χ1) is 12.6. The first kappa shape index (κ1) is 17.7. The van der Waals surface area contributed by atoms with Crippen LogP contribution in [0.5, 0.6) is 5.75 Å². The van der Waals surface area contributed by atoms with E-state index in [9.17, 15) is 4.79 Å². The van der Waals surface area contributed by atoms with E-state index >= 15 is 0 Å². The molecule has 0 aliphatic heterocycles. The molecule has 2 heterocycles. The van der Waals surface area contributed by atoms with Crippen molar-refractivity contribution in [2.75, 3.05) is 7.11 Å². The van der Waals surface area contributed by atoms with Gasteiger partial charge in [0.15, 0.2) is 5.76 Å². The van der Waals surface area contributed by atoms with Gasteiger partial charge in [-0.1, -0.05) is 24.2 Å². The van der Waals surface area contributed by atoms with Crippen molar-refractivity contribution in [3.8, 4) is 17.0 Å². The minimum absolute atomic E-state index is 0.177. The molecule has 136 valence electrons. The molecule has 1 N–H and O–H groups in total. The van der Waals surface area contributed by atoms with Gasteiger partial charge in [0.05, 0.1) is 25.4 Å². The van der Waals surface area contributed by atoms with Crippen molar-refractivity contribution in [3.05, 3.63) is 53.5 Å². The molecule has 0 aliphatic carbocycles. The van der Waals surface area contributed by atoms with E-state index in [-0.39, 0.29) is 12.5 Å². The van der Waals surface area contributed by atoms with Gasteiger partial charge in [-0.2, -0.15) is 5.10 Å². The second kappa shape index (κ2) is 7.86. The molecule has 0 unspecified atom stereocenters. The molecule has 0 saturated heterocycles. The zero-order valence-corrected chi connectivity index (χ0v) is 15.2. The molecule has 1 aromatic carbocycles. The van der Waals surface area contributed by atoms with Gasteiger partial charge in [-0.3, -0.25) is 9.48 Å². The number of nitrogens with zero attached hydrogens (tertiary/aromatic N) is 3. The Bertz CT molecular complexity index is 898. The van der Waals surface area contributed by atoms with Crippen molar-refractivity contribution < 1.29 is 14.1 Å². The number of benzene rings is 1. The second-order valence-electron chi connectivity index (χ2n) is 5.96. The normalized spacial score (nSPS) is 10.7. The van der Waals surface area contributed by atoms with Crippen molar-refractivity contribution in [2.24, 2.45) is 0 Å². The van der Waals surface area contributed by atoms with Gasteiger partial charge in [-0.15, -0.1) is 0 Å².